The van der Waals surface area contributed by atoms with Gasteiger partial charge in [-0.3, -0.25) is 19.3 Å². The Hall–Kier alpha value is -1.52. The summed E-state index contributed by atoms with van der Waals surface area (Å²) in [5.74, 6) is -0.955. The Balaban J connectivity index is 1.98. The molecule has 0 saturated carbocycles. The highest BCUT2D eigenvalue weighted by atomic mass is 32.2. The molecule has 9 nitrogen and oxygen atoms in total. The molecule has 10 heteroatoms. The minimum Gasteiger partial charge on any atom is -0.338 e. The first-order chi connectivity index (χ1) is 12.7. The van der Waals surface area contributed by atoms with E-state index in [0.29, 0.717) is 13.1 Å². The summed E-state index contributed by atoms with van der Waals surface area (Å²) in [6.07, 6.45) is 1.78. The molecule has 3 amide bonds. The molecule has 2 heterocycles. The summed E-state index contributed by atoms with van der Waals surface area (Å²) in [6, 6.07) is -0.840. The number of carbonyl (C=O) groups excluding carboxylic acids is 3. The fraction of sp³-hybridized carbons (Fsp3) is 0.824. The molecule has 2 rings (SSSR count). The first-order valence-corrected chi connectivity index (χ1v) is 11.0. The number of rotatable bonds is 8. The number of hydrogen-bond acceptors (Lipinski definition) is 5. The predicted molar refractivity (Wildman–Crippen MR) is 99.8 cm³/mol. The number of piperazine rings is 1. The van der Waals surface area contributed by atoms with Gasteiger partial charge in [-0.2, -0.15) is 17.0 Å². The van der Waals surface area contributed by atoms with E-state index in [1.165, 1.54) is 8.61 Å². The van der Waals surface area contributed by atoms with Crippen molar-refractivity contribution in [2.75, 3.05) is 39.3 Å². The maximum absolute atomic E-state index is 12.8. The van der Waals surface area contributed by atoms with Crippen molar-refractivity contribution in [3.05, 3.63) is 0 Å². The molecule has 0 bridgehead atoms. The number of hydrogen-bond donors (Lipinski definition) is 0. The third-order valence-corrected chi connectivity index (χ3v) is 7.02. The second kappa shape index (κ2) is 9.11. The molecular weight excluding hydrogens is 372 g/mol. The summed E-state index contributed by atoms with van der Waals surface area (Å²) in [6.45, 7) is 7.33. The van der Waals surface area contributed by atoms with Crippen LogP contribution < -0.4 is 0 Å². The van der Waals surface area contributed by atoms with Crippen LogP contribution in [0.1, 0.15) is 46.5 Å². The first-order valence-electron chi connectivity index (χ1n) is 9.62. The van der Waals surface area contributed by atoms with Crippen molar-refractivity contribution < 1.29 is 22.8 Å². The van der Waals surface area contributed by atoms with Crippen molar-refractivity contribution >= 4 is 27.9 Å². The normalized spacial score (nSPS) is 20.6. The molecule has 0 aliphatic carbocycles. The average Bonchev–Trinajstić information content (AvgIpc) is 2.98. The zero-order valence-corrected chi connectivity index (χ0v) is 17.2. The van der Waals surface area contributed by atoms with Gasteiger partial charge in [0, 0.05) is 52.1 Å². The van der Waals surface area contributed by atoms with E-state index in [2.05, 4.69) is 0 Å². The molecule has 0 spiro atoms. The molecule has 2 aliphatic rings. The number of likely N-dealkylation sites (tertiary alicyclic amines) is 1. The summed E-state index contributed by atoms with van der Waals surface area (Å²) < 4.78 is 28.6. The van der Waals surface area contributed by atoms with E-state index in [1.54, 1.807) is 11.8 Å². The van der Waals surface area contributed by atoms with Crippen LogP contribution >= 0.6 is 0 Å². The largest absolute Gasteiger partial charge is 0.338 e. The number of nitrogens with zero attached hydrogens (tertiary/aromatic N) is 4. The molecule has 1 atom stereocenters. The topological polar surface area (TPSA) is 98.3 Å². The zero-order chi connectivity index (χ0) is 20.2. The molecule has 2 aliphatic heterocycles. The molecular formula is C17H30N4O5S. The second-order valence-electron chi connectivity index (χ2n) is 6.96. The van der Waals surface area contributed by atoms with Crippen LogP contribution in [0.15, 0.2) is 0 Å². The fourth-order valence-electron chi connectivity index (χ4n) is 3.54. The molecule has 2 fully saturated rings. The molecule has 154 valence electrons. The van der Waals surface area contributed by atoms with Crippen molar-refractivity contribution in [3.8, 4) is 0 Å². The van der Waals surface area contributed by atoms with Gasteiger partial charge in [0.2, 0.25) is 17.7 Å². The number of carbonyl (C=O) groups is 3. The highest BCUT2D eigenvalue weighted by molar-refractivity contribution is 7.86. The lowest BCUT2D eigenvalue weighted by atomic mass is 10.2. The Morgan fingerprint density at radius 1 is 1.00 bits per heavy atom. The maximum Gasteiger partial charge on any atom is 0.282 e. The standard InChI is InChI=1S/C17H30N4O5S/c1-4-8-19(9-5-2)27(25,26)20-12-10-18(11-13-20)17(24)14(3)21-15(22)6-7-16(21)23/h14H,4-13H2,1-3H3. The Kier molecular flexibility index (Phi) is 7.35. The molecule has 27 heavy (non-hydrogen) atoms. The molecule has 0 radical (unpaired) electrons. The molecule has 0 aromatic rings. The summed E-state index contributed by atoms with van der Waals surface area (Å²) in [4.78, 5) is 38.9. The highest BCUT2D eigenvalue weighted by Gasteiger charge is 2.39. The van der Waals surface area contributed by atoms with E-state index in [9.17, 15) is 22.8 Å². The van der Waals surface area contributed by atoms with E-state index < -0.39 is 16.3 Å². The van der Waals surface area contributed by atoms with Crippen LogP contribution in [0.5, 0.6) is 0 Å². The Labute approximate surface area is 161 Å². The van der Waals surface area contributed by atoms with Crippen molar-refractivity contribution in [3.63, 3.8) is 0 Å². The van der Waals surface area contributed by atoms with Crippen LogP contribution in [0.3, 0.4) is 0 Å². The third kappa shape index (κ3) is 4.67. The van der Waals surface area contributed by atoms with E-state index in [1.807, 2.05) is 13.8 Å². The van der Waals surface area contributed by atoms with Gasteiger partial charge in [-0.25, -0.2) is 0 Å². The van der Waals surface area contributed by atoms with Gasteiger partial charge in [-0.15, -0.1) is 0 Å². The smallest absolute Gasteiger partial charge is 0.282 e. The van der Waals surface area contributed by atoms with Crippen LogP contribution in [0.4, 0.5) is 0 Å². The minimum atomic E-state index is -3.54. The SMILES string of the molecule is CCCN(CCC)S(=O)(=O)N1CCN(C(=O)C(C)N2C(=O)CCC2=O)CC1. The summed E-state index contributed by atoms with van der Waals surface area (Å²) in [5.41, 5.74) is 0. The van der Waals surface area contributed by atoms with Crippen molar-refractivity contribution in [1.29, 1.82) is 0 Å². The number of imide groups is 1. The third-order valence-electron chi connectivity index (χ3n) is 4.98. The van der Waals surface area contributed by atoms with E-state index in [0.717, 1.165) is 17.7 Å². The van der Waals surface area contributed by atoms with Gasteiger partial charge in [-0.1, -0.05) is 13.8 Å². The molecule has 0 aromatic carbocycles. The molecule has 1 unspecified atom stereocenters. The van der Waals surface area contributed by atoms with E-state index in [-0.39, 0.29) is 56.7 Å². The Bertz CT molecular complexity index is 651. The predicted octanol–water partition coefficient (Wildman–Crippen LogP) is 0.0349. The Morgan fingerprint density at radius 3 is 1.93 bits per heavy atom. The van der Waals surface area contributed by atoms with Gasteiger partial charge >= 0.3 is 0 Å². The van der Waals surface area contributed by atoms with Crippen molar-refractivity contribution in [1.82, 2.24) is 18.4 Å². The van der Waals surface area contributed by atoms with Crippen molar-refractivity contribution in [2.24, 2.45) is 0 Å². The van der Waals surface area contributed by atoms with Gasteiger partial charge in [-0.05, 0) is 19.8 Å². The van der Waals surface area contributed by atoms with Gasteiger partial charge in [0.25, 0.3) is 10.2 Å². The first kappa shape index (κ1) is 21.8. The van der Waals surface area contributed by atoms with Crippen LogP contribution in [-0.2, 0) is 24.6 Å². The quantitative estimate of drug-likeness (QED) is 0.534. The monoisotopic (exact) mass is 402 g/mol. The lowest BCUT2D eigenvalue weighted by molar-refractivity contribution is -0.150. The zero-order valence-electron chi connectivity index (χ0n) is 16.4. The lowest BCUT2D eigenvalue weighted by Gasteiger charge is -2.38. The molecule has 0 aromatic heterocycles. The van der Waals surface area contributed by atoms with Crippen LogP contribution in [0.2, 0.25) is 0 Å². The highest BCUT2D eigenvalue weighted by Crippen LogP contribution is 2.19. The molecule has 0 N–H and O–H groups in total. The fourth-order valence-corrected chi connectivity index (χ4v) is 5.32. The summed E-state index contributed by atoms with van der Waals surface area (Å²) in [5, 5.41) is 0. The van der Waals surface area contributed by atoms with E-state index in [4.69, 9.17) is 0 Å². The number of amides is 3. The maximum atomic E-state index is 12.8. The average molecular weight is 403 g/mol. The van der Waals surface area contributed by atoms with Crippen LogP contribution in [0.25, 0.3) is 0 Å². The van der Waals surface area contributed by atoms with Crippen LogP contribution in [-0.4, -0.2) is 89.9 Å². The second-order valence-corrected chi connectivity index (χ2v) is 8.89. The summed E-state index contributed by atoms with van der Waals surface area (Å²) in [7, 11) is -3.54. The molecule has 2 saturated heterocycles. The van der Waals surface area contributed by atoms with Gasteiger partial charge in [0.15, 0.2) is 0 Å². The van der Waals surface area contributed by atoms with Crippen LogP contribution in [0, 0.1) is 0 Å². The summed E-state index contributed by atoms with van der Waals surface area (Å²) >= 11 is 0. The van der Waals surface area contributed by atoms with Gasteiger partial charge < -0.3 is 4.90 Å². The van der Waals surface area contributed by atoms with Gasteiger partial charge in [0.1, 0.15) is 6.04 Å². The van der Waals surface area contributed by atoms with E-state index >= 15 is 0 Å². The van der Waals surface area contributed by atoms with Gasteiger partial charge in [0.05, 0.1) is 0 Å². The Morgan fingerprint density at radius 2 is 1.48 bits per heavy atom. The van der Waals surface area contributed by atoms with Crippen molar-refractivity contribution in [2.45, 2.75) is 52.5 Å². The minimum absolute atomic E-state index is 0.146. The lowest BCUT2D eigenvalue weighted by Crippen LogP contribution is -2.57.